The molecule has 0 atom stereocenters. The van der Waals surface area contributed by atoms with Crippen LogP contribution in [0.1, 0.15) is 0 Å². The van der Waals surface area contributed by atoms with Crippen LogP contribution < -0.4 is 14.2 Å². The minimum absolute atomic E-state index is 0.245. The summed E-state index contributed by atoms with van der Waals surface area (Å²) in [5, 5.41) is 0. The summed E-state index contributed by atoms with van der Waals surface area (Å²) in [7, 11) is 0. The second-order valence-corrected chi connectivity index (χ2v) is 7.68. The Morgan fingerprint density at radius 2 is 1.30 bits per heavy atom. The number of nitrogens with zero attached hydrogens (tertiary/aromatic N) is 1. The van der Waals surface area contributed by atoms with E-state index in [9.17, 15) is 0 Å². The van der Waals surface area contributed by atoms with E-state index in [4.69, 9.17) is 19.2 Å². The molecular weight excluding hydrogens is 412 g/mol. The van der Waals surface area contributed by atoms with Crippen LogP contribution in [0, 0.1) is 0 Å². The molecule has 4 aromatic carbocycles. The zero-order chi connectivity index (χ0) is 22.0. The number of ether oxygens (including phenoxy) is 3. The van der Waals surface area contributed by atoms with Gasteiger partial charge in [-0.15, -0.1) is 0 Å². The molecule has 0 radical (unpaired) electrons. The maximum atomic E-state index is 5.95. The summed E-state index contributed by atoms with van der Waals surface area (Å²) in [6, 6.07) is 33.8. The van der Waals surface area contributed by atoms with Crippen molar-refractivity contribution < 1.29 is 14.2 Å². The highest BCUT2D eigenvalue weighted by molar-refractivity contribution is 5.81. The average molecular weight is 432 g/mol. The fourth-order valence-corrected chi connectivity index (χ4v) is 3.88. The Kier molecular flexibility index (Phi) is 4.77. The average Bonchev–Trinajstić information content (AvgIpc) is 3.53. The predicted molar refractivity (Wildman–Crippen MR) is 128 cm³/mol. The molecule has 5 nitrogen and oxygen atoms in total. The number of benzene rings is 4. The second kappa shape index (κ2) is 8.20. The number of aromatic nitrogens is 2. The van der Waals surface area contributed by atoms with E-state index in [0.717, 1.165) is 56.9 Å². The van der Waals surface area contributed by atoms with Crippen LogP contribution in [-0.4, -0.2) is 16.8 Å². The lowest BCUT2D eigenvalue weighted by Crippen LogP contribution is -1.92. The van der Waals surface area contributed by atoms with Crippen LogP contribution in [-0.2, 0) is 0 Å². The van der Waals surface area contributed by atoms with Crippen molar-refractivity contribution in [3.8, 4) is 56.9 Å². The third-order valence-electron chi connectivity index (χ3n) is 5.52. The molecule has 5 heteroatoms. The molecule has 0 amide bonds. The Morgan fingerprint density at radius 1 is 0.636 bits per heavy atom. The van der Waals surface area contributed by atoms with Gasteiger partial charge in [-0.3, -0.25) is 0 Å². The van der Waals surface area contributed by atoms with Crippen molar-refractivity contribution in [1.29, 1.82) is 0 Å². The van der Waals surface area contributed by atoms with E-state index in [-0.39, 0.29) is 6.79 Å². The molecular formula is C28H20N2O3. The molecule has 0 aliphatic carbocycles. The van der Waals surface area contributed by atoms with Gasteiger partial charge in [0.05, 0.1) is 11.4 Å². The third kappa shape index (κ3) is 3.81. The van der Waals surface area contributed by atoms with Crippen molar-refractivity contribution in [3.05, 3.63) is 103 Å². The fraction of sp³-hybridized carbons (Fsp3) is 0.0357. The Morgan fingerprint density at radius 3 is 2.09 bits per heavy atom. The van der Waals surface area contributed by atoms with Gasteiger partial charge in [0.25, 0.3) is 0 Å². The zero-order valence-electron chi connectivity index (χ0n) is 17.7. The van der Waals surface area contributed by atoms with Gasteiger partial charge in [-0.25, -0.2) is 4.98 Å². The molecule has 6 rings (SSSR count). The van der Waals surface area contributed by atoms with Crippen molar-refractivity contribution in [1.82, 2.24) is 9.97 Å². The summed E-state index contributed by atoms with van der Waals surface area (Å²) < 4.78 is 16.9. The number of imidazole rings is 1. The number of H-pyrrole nitrogens is 1. The molecule has 0 fully saturated rings. The monoisotopic (exact) mass is 432 g/mol. The van der Waals surface area contributed by atoms with E-state index in [1.54, 1.807) is 0 Å². The van der Waals surface area contributed by atoms with Crippen LogP contribution >= 0.6 is 0 Å². The maximum Gasteiger partial charge on any atom is 0.231 e. The summed E-state index contributed by atoms with van der Waals surface area (Å²) in [4.78, 5) is 8.48. The van der Waals surface area contributed by atoms with E-state index in [1.165, 1.54) is 0 Å². The van der Waals surface area contributed by atoms with Gasteiger partial charge in [0.1, 0.15) is 17.3 Å². The van der Waals surface area contributed by atoms with Gasteiger partial charge in [-0.05, 0) is 54.6 Å². The van der Waals surface area contributed by atoms with Crippen molar-refractivity contribution in [2.75, 3.05) is 6.79 Å². The Hall–Kier alpha value is -4.51. The fourth-order valence-electron chi connectivity index (χ4n) is 3.88. The first-order chi connectivity index (χ1) is 16.3. The Bertz CT molecular complexity index is 1390. The summed E-state index contributed by atoms with van der Waals surface area (Å²) in [5.74, 6) is 3.84. The second-order valence-electron chi connectivity index (χ2n) is 7.68. The van der Waals surface area contributed by atoms with Gasteiger partial charge < -0.3 is 19.2 Å². The summed E-state index contributed by atoms with van der Waals surface area (Å²) >= 11 is 0. The SMILES string of the molecule is c1ccc(Oc2ccc(-c3[nH]c(-c4ccc5c(c4)OCO5)nc3-c3ccccc3)cc2)cc1. The lowest BCUT2D eigenvalue weighted by atomic mass is 10.1. The largest absolute Gasteiger partial charge is 0.457 e. The van der Waals surface area contributed by atoms with Crippen LogP contribution in [0.25, 0.3) is 33.9 Å². The highest BCUT2D eigenvalue weighted by atomic mass is 16.7. The molecule has 1 N–H and O–H groups in total. The molecule has 0 saturated heterocycles. The van der Waals surface area contributed by atoms with Gasteiger partial charge in [-0.1, -0.05) is 48.5 Å². The van der Waals surface area contributed by atoms with E-state index in [2.05, 4.69) is 17.1 Å². The molecule has 1 aromatic heterocycles. The quantitative estimate of drug-likeness (QED) is 0.327. The van der Waals surface area contributed by atoms with Crippen LogP contribution in [0.4, 0.5) is 0 Å². The zero-order valence-corrected chi connectivity index (χ0v) is 17.7. The standard InChI is InChI=1S/C28H20N2O3/c1-3-7-19(8-4-1)26-27(20-11-14-23(15-12-20)33-22-9-5-2-6-10-22)30-28(29-26)21-13-16-24-25(17-21)32-18-31-24/h1-17H,18H2,(H,29,30). The van der Waals surface area contributed by atoms with Crippen molar-refractivity contribution >= 4 is 0 Å². The number of para-hydroxylation sites is 1. The van der Waals surface area contributed by atoms with Crippen molar-refractivity contribution in [2.24, 2.45) is 0 Å². The number of rotatable bonds is 5. The number of hydrogen-bond donors (Lipinski definition) is 1. The number of fused-ring (bicyclic) bond motifs is 1. The van der Waals surface area contributed by atoms with Crippen molar-refractivity contribution in [2.45, 2.75) is 0 Å². The van der Waals surface area contributed by atoms with Gasteiger partial charge in [0.15, 0.2) is 11.5 Å². The highest BCUT2D eigenvalue weighted by Crippen LogP contribution is 2.38. The predicted octanol–water partition coefficient (Wildman–Crippen LogP) is 6.93. The topological polar surface area (TPSA) is 56.4 Å². The summed E-state index contributed by atoms with van der Waals surface area (Å²) in [6.45, 7) is 0.245. The Balaban J connectivity index is 1.39. The molecule has 1 aliphatic heterocycles. The van der Waals surface area contributed by atoms with Crippen molar-refractivity contribution in [3.63, 3.8) is 0 Å². The number of aromatic amines is 1. The molecule has 0 unspecified atom stereocenters. The minimum atomic E-state index is 0.245. The molecule has 33 heavy (non-hydrogen) atoms. The maximum absolute atomic E-state index is 5.95. The summed E-state index contributed by atoms with van der Waals surface area (Å²) in [6.07, 6.45) is 0. The first kappa shape index (κ1) is 19.2. The Labute approximate surface area is 191 Å². The van der Waals surface area contributed by atoms with Gasteiger partial charge in [0.2, 0.25) is 6.79 Å². The summed E-state index contributed by atoms with van der Waals surface area (Å²) in [5.41, 5.74) is 4.83. The van der Waals surface area contributed by atoms with Crippen LogP contribution in [0.5, 0.6) is 23.0 Å². The lowest BCUT2D eigenvalue weighted by molar-refractivity contribution is 0.174. The smallest absolute Gasteiger partial charge is 0.231 e. The van der Waals surface area contributed by atoms with Gasteiger partial charge in [0, 0.05) is 16.7 Å². The van der Waals surface area contributed by atoms with E-state index < -0.39 is 0 Å². The minimum Gasteiger partial charge on any atom is -0.457 e. The van der Waals surface area contributed by atoms with E-state index in [1.807, 2.05) is 91.0 Å². The molecule has 160 valence electrons. The van der Waals surface area contributed by atoms with E-state index >= 15 is 0 Å². The molecule has 2 heterocycles. The first-order valence-corrected chi connectivity index (χ1v) is 10.7. The lowest BCUT2D eigenvalue weighted by Gasteiger charge is -2.07. The highest BCUT2D eigenvalue weighted by Gasteiger charge is 2.18. The molecule has 1 aliphatic rings. The number of hydrogen-bond acceptors (Lipinski definition) is 4. The molecule has 0 saturated carbocycles. The van der Waals surface area contributed by atoms with Crippen LogP contribution in [0.3, 0.4) is 0 Å². The van der Waals surface area contributed by atoms with E-state index in [0.29, 0.717) is 0 Å². The molecule has 0 spiro atoms. The number of nitrogens with one attached hydrogen (secondary N) is 1. The molecule has 5 aromatic rings. The van der Waals surface area contributed by atoms with Gasteiger partial charge >= 0.3 is 0 Å². The van der Waals surface area contributed by atoms with Crippen LogP contribution in [0.2, 0.25) is 0 Å². The third-order valence-corrected chi connectivity index (χ3v) is 5.52. The molecule has 0 bridgehead atoms. The van der Waals surface area contributed by atoms with Gasteiger partial charge in [-0.2, -0.15) is 0 Å². The van der Waals surface area contributed by atoms with Crippen LogP contribution in [0.15, 0.2) is 103 Å². The normalized spacial score (nSPS) is 12.0. The first-order valence-electron chi connectivity index (χ1n) is 10.7.